The Morgan fingerprint density at radius 1 is 0.570 bits per heavy atom. The Balaban J connectivity index is 1.18. The van der Waals surface area contributed by atoms with E-state index in [4.69, 9.17) is 9.47 Å². The van der Waals surface area contributed by atoms with Crippen LogP contribution in [-0.4, -0.2) is 302 Å². The normalized spacial score (nSPS) is 32.1. The van der Waals surface area contributed by atoms with Gasteiger partial charge in [0.25, 0.3) is 5.91 Å². The summed E-state index contributed by atoms with van der Waals surface area (Å²) in [5.41, 5.74) is -1.87. The van der Waals surface area contributed by atoms with E-state index in [2.05, 4.69) is 16.0 Å². The molecule has 1 spiro atoms. The fourth-order valence-corrected chi connectivity index (χ4v) is 17.1. The second-order valence-corrected chi connectivity index (χ2v) is 31.9. The number of carbonyl (C=O) groups is 12. The molecule has 0 aromatic rings. The van der Waals surface area contributed by atoms with Crippen LogP contribution in [0.3, 0.4) is 0 Å². The predicted molar refractivity (Wildman–Crippen MR) is 371 cm³/mol. The van der Waals surface area contributed by atoms with Crippen molar-refractivity contribution in [2.24, 2.45) is 41.4 Å². The lowest BCUT2D eigenvalue weighted by molar-refractivity contribution is -0.219. The van der Waals surface area contributed by atoms with Gasteiger partial charge in [0.05, 0.1) is 51.9 Å². The molecule has 0 radical (unpaired) electrons. The summed E-state index contributed by atoms with van der Waals surface area (Å²) in [6, 6.07) is -11.2. The first-order valence-electron chi connectivity index (χ1n) is 38.2. The molecule has 604 valence electrons. The van der Waals surface area contributed by atoms with Gasteiger partial charge >= 0.3 is 12.4 Å². The molecule has 2 unspecified atom stereocenters. The first-order chi connectivity index (χ1) is 50.3. The standard InChI is InChI=1S/C73H112F8N12O14/c1-11-43(4)60-68(103)86(6)39-58(96)87(7)52-19-14-15-27-93(67(52)102)55(36-44-21-24-47(25-22-44)72(76,77)78)65(100)85(5)38-56(94)82-50(26-23-45-34-48(74)59(49(75)35-45)73(79,80)81)64(99)92-28-16-20-51(92)63(98)84-71(40-107-41-71)70(105)90(10)61(46-17-12-13-18-46)69(104)89(9)54(66(101)91-29-31-106-32-30-91)37-57(95)88(8)53(33-42(2)3)62(97)83-60/h42-55,59-61H,11-41H2,1-10H3,(H,82,94)(H,83,97)(H,84,98)/t43-,44?,45?,47?,48?,49?,50-,51-,52-,53-,54-,55-,59?,60-,61-/m0/s1. The zero-order valence-corrected chi connectivity index (χ0v) is 63.5. The molecular weight excluding hydrogens is 1420 g/mol. The fourth-order valence-electron chi connectivity index (χ4n) is 17.1. The highest BCUT2D eigenvalue weighted by Crippen LogP contribution is 2.45. The average Bonchev–Trinajstić information content (AvgIpc) is 1.73. The topological polar surface area (TPSA) is 289 Å². The van der Waals surface area contributed by atoms with E-state index in [0.29, 0.717) is 38.5 Å². The van der Waals surface area contributed by atoms with Crippen molar-refractivity contribution in [1.29, 1.82) is 0 Å². The Morgan fingerprint density at radius 3 is 1.75 bits per heavy atom. The minimum absolute atomic E-state index is 0.0110. The van der Waals surface area contributed by atoms with Gasteiger partial charge in [-0.1, -0.05) is 47.0 Å². The van der Waals surface area contributed by atoms with Gasteiger partial charge in [0.1, 0.15) is 66.6 Å². The first kappa shape index (κ1) is 85.6. The van der Waals surface area contributed by atoms with Crippen molar-refractivity contribution in [2.45, 2.75) is 241 Å². The molecule has 26 nitrogen and oxygen atoms in total. The van der Waals surface area contributed by atoms with Gasteiger partial charge < -0.3 is 69.5 Å². The lowest BCUT2D eigenvalue weighted by Crippen LogP contribution is -2.73. The number of rotatable bonds is 11. The number of alkyl halides is 8. The summed E-state index contributed by atoms with van der Waals surface area (Å²) in [6.45, 7) is 5.11. The van der Waals surface area contributed by atoms with E-state index in [1.54, 1.807) is 13.8 Å². The predicted octanol–water partition coefficient (Wildman–Crippen LogP) is 4.79. The van der Waals surface area contributed by atoms with Gasteiger partial charge in [-0.05, 0) is 139 Å². The van der Waals surface area contributed by atoms with Gasteiger partial charge in [0.2, 0.25) is 65.0 Å². The molecule has 5 saturated heterocycles. The van der Waals surface area contributed by atoms with Crippen molar-refractivity contribution in [3.63, 3.8) is 0 Å². The number of hydrogen-bond donors (Lipinski definition) is 3. The van der Waals surface area contributed by atoms with E-state index in [1.165, 1.54) is 61.9 Å². The molecule has 12 amide bonds. The molecule has 3 N–H and O–H groups in total. The zero-order valence-electron chi connectivity index (χ0n) is 63.5. The maximum atomic E-state index is 15.6. The minimum Gasteiger partial charge on any atom is -0.378 e. The maximum Gasteiger partial charge on any atom is 0.397 e. The second-order valence-electron chi connectivity index (χ2n) is 31.9. The molecule has 5 aliphatic heterocycles. The number of fused-ring (bicyclic) bond motifs is 3. The molecule has 3 aliphatic carbocycles. The first-order valence-corrected chi connectivity index (χ1v) is 38.2. The zero-order chi connectivity index (χ0) is 78.9. The van der Waals surface area contributed by atoms with Crippen LogP contribution in [0.1, 0.15) is 163 Å². The third-order valence-electron chi connectivity index (χ3n) is 23.9. The van der Waals surface area contributed by atoms with Crippen LogP contribution in [0.4, 0.5) is 35.1 Å². The van der Waals surface area contributed by atoms with Gasteiger partial charge in [-0.15, -0.1) is 0 Å². The molecule has 8 rings (SSSR count). The van der Waals surface area contributed by atoms with E-state index in [1.807, 2.05) is 13.8 Å². The number of amides is 12. The maximum absolute atomic E-state index is 15.6. The Labute approximate surface area is 621 Å². The summed E-state index contributed by atoms with van der Waals surface area (Å²) in [4.78, 5) is 191. The Kier molecular flexibility index (Phi) is 29.3. The van der Waals surface area contributed by atoms with Crippen molar-refractivity contribution in [1.82, 2.24) is 60.0 Å². The number of morpholine rings is 1. The monoisotopic (exact) mass is 1530 g/mol. The molecule has 34 heteroatoms. The van der Waals surface area contributed by atoms with Crippen LogP contribution in [0.25, 0.3) is 0 Å². The Hall–Kier alpha value is -7.00. The lowest BCUT2D eigenvalue weighted by atomic mass is 9.76. The number of nitrogens with zero attached hydrogens (tertiary/aromatic N) is 9. The highest BCUT2D eigenvalue weighted by molar-refractivity contribution is 6.01. The molecule has 107 heavy (non-hydrogen) atoms. The molecule has 0 aromatic carbocycles. The summed E-state index contributed by atoms with van der Waals surface area (Å²) in [5.74, 6) is -16.9. The van der Waals surface area contributed by atoms with Gasteiger partial charge in [-0.3, -0.25) is 57.5 Å². The number of hydrogen-bond acceptors (Lipinski definition) is 14. The second kappa shape index (κ2) is 36.7. The van der Waals surface area contributed by atoms with Crippen molar-refractivity contribution < 1.29 is 102 Å². The summed E-state index contributed by atoms with van der Waals surface area (Å²) < 4.78 is 126. The van der Waals surface area contributed by atoms with Gasteiger partial charge in [-0.25, -0.2) is 8.78 Å². The SMILES string of the molecule is CC[C@H](C)[C@@H]1NC(=O)[C@H](CC(C)C)N(C)C(=O)C[C@@H](C(=O)N2CCOCC2)N(C)C(=O)[C@H](C2CCCC2)N(C)C(=O)C2(COC2)NC(=O)[C@@H]2CCCN2C(=O)[C@H](CCC2CC(F)C(C(F)(F)F)C(F)C2)NC(=O)CN(C)C(=O)[C@H](CC2CCC(C(F)(F)F)CC2)N2CCCC[C@@H](C2=O)N(C)C(=O)CN(C)C1=O. The van der Waals surface area contributed by atoms with E-state index < -0.39 is 237 Å². The van der Waals surface area contributed by atoms with Gasteiger partial charge in [-0.2, -0.15) is 26.3 Å². The van der Waals surface area contributed by atoms with Crippen LogP contribution < -0.4 is 16.0 Å². The number of halogens is 8. The number of ether oxygens (including phenoxy) is 2. The third-order valence-corrected chi connectivity index (χ3v) is 23.9. The molecule has 2 bridgehead atoms. The summed E-state index contributed by atoms with van der Waals surface area (Å²) in [5, 5.41) is 8.28. The number of carbonyl (C=O) groups excluding carboxylic acids is 12. The molecule has 11 atom stereocenters. The molecule has 3 saturated carbocycles. The van der Waals surface area contributed by atoms with E-state index in [9.17, 15) is 55.1 Å². The summed E-state index contributed by atoms with van der Waals surface area (Å²) in [7, 11) is 8.01. The summed E-state index contributed by atoms with van der Waals surface area (Å²) in [6.07, 6.45) is -15.2. The van der Waals surface area contributed by atoms with Crippen LogP contribution in [0.2, 0.25) is 0 Å². The van der Waals surface area contributed by atoms with E-state index in [-0.39, 0.29) is 116 Å². The molecule has 8 fully saturated rings. The van der Waals surface area contributed by atoms with Crippen molar-refractivity contribution in [3.05, 3.63) is 0 Å². The Morgan fingerprint density at radius 2 is 1.17 bits per heavy atom. The largest absolute Gasteiger partial charge is 0.397 e. The van der Waals surface area contributed by atoms with Crippen LogP contribution in [0, 0.1) is 41.4 Å². The molecule has 8 aliphatic rings. The molecular formula is C73H112F8N12O14. The highest BCUT2D eigenvalue weighted by atomic mass is 19.4. The van der Waals surface area contributed by atoms with Crippen molar-refractivity contribution >= 4 is 70.9 Å². The number of likely N-dealkylation sites (N-methyl/N-ethyl adjacent to an activating group) is 6. The van der Waals surface area contributed by atoms with Gasteiger partial charge in [0.15, 0.2) is 5.54 Å². The fraction of sp³-hybridized carbons (Fsp3) is 0.836. The molecule has 5 heterocycles. The molecule has 0 aromatic heterocycles. The Bertz CT molecular complexity index is 3170. The number of nitrogens with one attached hydrogen (secondary N) is 3. The van der Waals surface area contributed by atoms with E-state index >= 15 is 37.5 Å². The van der Waals surface area contributed by atoms with Crippen LogP contribution in [0.5, 0.6) is 0 Å². The van der Waals surface area contributed by atoms with Crippen LogP contribution in [-0.2, 0) is 67.0 Å². The smallest absolute Gasteiger partial charge is 0.378 e. The van der Waals surface area contributed by atoms with Crippen LogP contribution in [0.15, 0.2) is 0 Å². The average molecular weight is 1530 g/mol. The van der Waals surface area contributed by atoms with E-state index in [0.717, 1.165) is 24.5 Å². The third kappa shape index (κ3) is 20.5. The lowest BCUT2D eigenvalue weighted by Gasteiger charge is -2.46. The summed E-state index contributed by atoms with van der Waals surface area (Å²) >= 11 is 0. The van der Waals surface area contributed by atoms with Crippen LogP contribution >= 0.6 is 0 Å². The van der Waals surface area contributed by atoms with Crippen molar-refractivity contribution in [2.75, 3.05) is 108 Å². The van der Waals surface area contributed by atoms with Gasteiger partial charge in [0, 0.05) is 68.5 Å². The quantitative estimate of drug-likeness (QED) is 0.235. The highest BCUT2D eigenvalue weighted by Gasteiger charge is 2.56. The van der Waals surface area contributed by atoms with Crippen molar-refractivity contribution in [3.8, 4) is 0 Å². The minimum atomic E-state index is -5.21.